The van der Waals surface area contributed by atoms with Gasteiger partial charge >= 0.3 is 0 Å². The van der Waals surface area contributed by atoms with Gasteiger partial charge in [0.05, 0.1) is 18.0 Å². The number of fused-ring (bicyclic) bond motifs is 1. The average Bonchev–Trinajstić information content (AvgIpc) is 2.88. The maximum Gasteiger partial charge on any atom is 0.147 e. The standard InChI is InChI=1S/C16H23ClN2O2/c1-3-10-21-14-8-6-7-13-16(14)18-15(12-17)19(13)9-4-5-11-20-2/h6-8H,3-5,9-12H2,1-2H3. The normalized spacial score (nSPS) is 11.2. The second kappa shape index (κ2) is 8.25. The van der Waals surface area contributed by atoms with E-state index in [1.54, 1.807) is 7.11 Å². The van der Waals surface area contributed by atoms with Crippen LogP contribution < -0.4 is 4.74 Å². The number of alkyl halides is 1. The molecule has 0 radical (unpaired) electrons. The first kappa shape index (κ1) is 16.1. The van der Waals surface area contributed by atoms with Gasteiger partial charge in [0.15, 0.2) is 0 Å². The first-order valence-electron chi connectivity index (χ1n) is 7.47. The molecular weight excluding hydrogens is 288 g/mol. The van der Waals surface area contributed by atoms with Crippen LogP contribution in [0.15, 0.2) is 18.2 Å². The van der Waals surface area contributed by atoms with Crippen LogP contribution in [0.25, 0.3) is 11.0 Å². The fourth-order valence-electron chi connectivity index (χ4n) is 2.37. The van der Waals surface area contributed by atoms with Crippen molar-refractivity contribution >= 4 is 22.6 Å². The highest BCUT2D eigenvalue weighted by Gasteiger charge is 2.13. The molecule has 21 heavy (non-hydrogen) atoms. The molecule has 116 valence electrons. The Kier molecular flexibility index (Phi) is 6.33. The maximum absolute atomic E-state index is 6.05. The number of halogens is 1. The van der Waals surface area contributed by atoms with Gasteiger partial charge in [0.1, 0.15) is 17.1 Å². The highest BCUT2D eigenvalue weighted by atomic mass is 35.5. The van der Waals surface area contributed by atoms with Gasteiger partial charge in [-0.25, -0.2) is 4.98 Å². The van der Waals surface area contributed by atoms with Gasteiger partial charge in [0.2, 0.25) is 0 Å². The highest BCUT2D eigenvalue weighted by Crippen LogP contribution is 2.27. The van der Waals surface area contributed by atoms with E-state index < -0.39 is 0 Å². The second-order valence-corrected chi connectivity index (χ2v) is 5.25. The van der Waals surface area contributed by atoms with E-state index in [9.17, 15) is 0 Å². The van der Waals surface area contributed by atoms with Crippen LogP contribution in [0, 0.1) is 0 Å². The third kappa shape index (κ3) is 3.89. The SMILES string of the molecule is CCCOc1cccc2c1nc(CCl)n2CCCCOC. The van der Waals surface area contributed by atoms with E-state index >= 15 is 0 Å². The van der Waals surface area contributed by atoms with E-state index in [1.165, 1.54) is 0 Å². The largest absolute Gasteiger partial charge is 0.491 e. The summed E-state index contributed by atoms with van der Waals surface area (Å²) in [4.78, 5) is 4.66. The van der Waals surface area contributed by atoms with Gasteiger partial charge in [0, 0.05) is 20.3 Å². The van der Waals surface area contributed by atoms with E-state index in [0.717, 1.165) is 55.0 Å². The van der Waals surface area contributed by atoms with Crippen molar-refractivity contribution in [2.24, 2.45) is 0 Å². The van der Waals surface area contributed by atoms with Crippen LogP contribution in [-0.4, -0.2) is 29.9 Å². The van der Waals surface area contributed by atoms with Gasteiger partial charge < -0.3 is 14.0 Å². The lowest BCUT2D eigenvalue weighted by Crippen LogP contribution is -2.03. The molecule has 0 amide bonds. The van der Waals surface area contributed by atoms with Gasteiger partial charge in [-0.2, -0.15) is 0 Å². The van der Waals surface area contributed by atoms with Gasteiger partial charge in [0.25, 0.3) is 0 Å². The molecule has 1 aromatic heterocycles. The van der Waals surface area contributed by atoms with Crippen LogP contribution in [0.4, 0.5) is 0 Å². The molecule has 1 heterocycles. The van der Waals surface area contributed by atoms with E-state index in [-0.39, 0.29) is 0 Å². The minimum absolute atomic E-state index is 0.409. The zero-order valence-corrected chi connectivity index (χ0v) is 13.5. The number of aryl methyl sites for hydroxylation is 1. The topological polar surface area (TPSA) is 36.3 Å². The second-order valence-electron chi connectivity index (χ2n) is 4.99. The molecule has 0 bridgehead atoms. The lowest BCUT2D eigenvalue weighted by Gasteiger charge is -2.08. The maximum atomic E-state index is 6.05. The Morgan fingerprint density at radius 1 is 1.24 bits per heavy atom. The summed E-state index contributed by atoms with van der Waals surface area (Å²) in [6.07, 6.45) is 3.06. The average molecular weight is 311 g/mol. The first-order valence-corrected chi connectivity index (χ1v) is 8.01. The van der Waals surface area contributed by atoms with Crippen molar-refractivity contribution in [1.29, 1.82) is 0 Å². The quantitative estimate of drug-likeness (QED) is 0.519. The molecule has 0 unspecified atom stereocenters. The molecule has 2 aromatic rings. The zero-order valence-electron chi connectivity index (χ0n) is 12.8. The van der Waals surface area contributed by atoms with E-state index in [1.807, 2.05) is 12.1 Å². The van der Waals surface area contributed by atoms with Crippen LogP contribution in [-0.2, 0) is 17.2 Å². The molecule has 2 rings (SSSR count). The number of hydrogen-bond donors (Lipinski definition) is 0. The highest BCUT2D eigenvalue weighted by molar-refractivity contribution is 6.16. The molecule has 0 N–H and O–H groups in total. The number of imidazole rings is 1. The molecule has 0 fully saturated rings. The van der Waals surface area contributed by atoms with Crippen LogP contribution in [0.3, 0.4) is 0 Å². The summed E-state index contributed by atoms with van der Waals surface area (Å²) in [7, 11) is 1.73. The fraction of sp³-hybridized carbons (Fsp3) is 0.562. The first-order chi connectivity index (χ1) is 10.3. The monoisotopic (exact) mass is 310 g/mol. The minimum atomic E-state index is 0.409. The number of aromatic nitrogens is 2. The Balaban J connectivity index is 2.26. The van der Waals surface area contributed by atoms with Crippen LogP contribution in [0.5, 0.6) is 5.75 Å². The summed E-state index contributed by atoms with van der Waals surface area (Å²) >= 11 is 6.05. The Morgan fingerprint density at radius 3 is 2.81 bits per heavy atom. The molecule has 0 spiro atoms. The smallest absolute Gasteiger partial charge is 0.147 e. The number of unbranched alkanes of at least 4 members (excludes halogenated alkanes) is 1. The van der Waals surface area contributed by atoms with Crippen LogP contribution in [0.1, 0.15) is 32.0 Å². The number of nitrogens with zero attached hydrogens (tertiary/aromatic N) is 2. The molecule has 0 saturated heterocycles. The van der Waals surface area contributed by atoms with Crippen molar-refractivity contribution < 1.29 is 9.47 Å². The number of methoxy groups -OCH3 is 1. The molecule has 0 aliphatic heterocycles. The van der Waals surface area contributed by atoms with E-state index in [4.69, 9.17) is 21.1 Å². The molecule has 0 saturated carbocycles. The van der Waals surface area contributed by atoms with Crippen molar-refractivity contribution in [2.45, 2.75) is 38.6 Å². The molecule has 4 nitrogen and oxygen atoms in total. The third-order valence-electron chi connectivity index (χ3n) is 3.38. The Morgan fingerprint density at radius 2 is 2.10 bits per heavy atom. The molecule has 5 heteroatoms. The fourth-order valence-corrected chi connectivity index (χ4v) is 2.57. The van der Waals surface area contributed by atoms with Gasteiger partial charge in [-0.05, 0) is 31.4 Å². The van der Waals surface area contributed by atoms with Crippen LogP contribution >= 0.6 is 11.6 Å². The number of hydrogen-bond acceptors (Lipinski definition) is 3. The predicted molar refractivity (Wildman–Crippen MR) is 86.2 cm³/mol. The third-order valence-corrected chi connectivity index (χ3v) is 3.62. The summed E-state index contributed by atoms with van der Waals surface area (Å²) in [5, 5.41) is 0. The summed E-state index contributed by atoms with van der Waals surface area (Å²) in [5.74, 6) is 2.15. The summed E-state index contributed by atoms with van der Waals surface area (Å²) in [6, 6.07) is 6.06. The number of ether oxygens (including phenoxy) is 2. The van der Waals surface area contributed by atoms with Gasteiger partial charge in [-0.1, -0.05) is 13.0 Å². The summed E-state index contributed by atoms with van der Waals surface area (Å²) in [5.41, 5.74) is 2.00. The van der Waals surface area contributed by atoms with Crippen molar-refractivity contribution in [1.82, 2.24) is 9.55 Å². The Bertz CT molecular complexity index is 569. The van der Waals surface area contributed by atoms with Crippen molar-refractivity contribution in [3.05, 3.63) is 24.0 Å². The lowest BCUT2D eigenvalue weighted by atomic mass is 10.2. The van der Waals surface area contributed by atoms with E-state index in [2.05, 4.69) is 22.5 Å². The number of para-hydroxylation sites is 1. The molecule has 1 aromatic carbocycles. The van der Waals surface area contributed by atoms with Crippen molar-refractivity contribution in [2.75, 3.05) is 20.3 Å². The lowest BCUT2D eigenvalue weighted by molar-refractivity contribution is 0.191. The number of benzene rings is 1. The number of rotatable bonds is 9. The summed E-state index contributed by atoms with van der Waals surface area (Å²) in [6.45, 7) is 4.49. The van der Waals surface area contributed by atoms with Crippen molar-refractivity contribution in [3.63, 3.8) is 0 Å². The summed E-state index contributed by atoms with van der Waals surface area (Å²) < 4.78 is 13.1. The minimum Gasteiger partial charge on any atom is -0.491 e. The zero-order chi connectivity index (χ0) is 15.1. The van der Waals surface area contributed by atoms with Gasteiger partial charge in [-0.3, -0.25) is 0 Å². The van der Waals surface area contributed by atoms with Gasteiger partial charge in [-0.15, -0.1) is 11.6 Å². The Labute approximate surface area is 131 Å². The van der Waals surface area contributed by atoms with Crippen LogP contribution in [0.2, 0.25) is 0 Å². The Hall–Kier alpha value is -1.26. The predicted octanol–water partition coefficient (Wildman–Crippen LogP) is 3.99. The molecule has 0 aliphatic rings. The molecule has 0 aliphatic carbocycles. The van der Waals surface area contributed by atoms with Crippen molar-refractivity contribution in [3.8, 4) is 5.75 Å². The molecular formula is C16H23ClN2O2. The van der Waals surface area contributed by atoms with E-state index in [0.29, 0.717) is 12.5 Å². The molecule has 0 atom stereocenters.